The predicted octanol–water partition coefficient (Wildman–Crippen LogP) is -0.0659. The molecule has 0 aromatic heterocycles. The first kappa shape index (κ1) is 16.7. The molecule has 6 nitrogen and oxygen atoms in total. The van der Waals surface area contributed by atoms with Gasteiger partial charge in [-0.1, -0.05) is 6.92 Å². The molecule has 0 aromatic rings. The average Bonchev–Trinajstić information content (AvgIpc) is 2.96. The molecule has 0 bridgehead atoms. The molecule has 2 unspecified atom stereocenters. The fraction of sp³-hybridized carbons (Fsp3) is 0.933. The lowest BCUT2D eigenvalue weighted by Crippen LogP contribution is -2.48. The van der Waals surface area contributed by atoms with Gasteiger partial charge in [0.2, 0.25) is 0 Å². The average molecular weight is 299 g/mol. The number of nitrogens with zero attached hydrogens (tertiary/aromatic N) is 2. The highest BCUT2D eigenvalue weighted by Gasteiger charge is 2.31. The van der Waals surface area contributed by atoms with Crippen LogP contribution in [0.4, 0.5) is 0 Å². The third-order valence-corrected chi connectivity index (χ3v) is 4.27. The van der Waals surface area contributed by atoms with Gasteiger partial charge in [-0.3, -0.25) is 14.6 Å². The normalized spacial score (nSPS) is 25.9. The fourth-order valence-electron chi connectivity index (χ4n) is 3.19. The molecular formula is C15H29N3O3. The SMILES string of the molecule is CCNC(CN1CCC(N2CCOCC2)C1)C(=O)OCC. The van der Waals surface area contributed by atoms with Crippen LogP contribution < -0.4 is 5.32 Å². The van der Waals surface area contributed by atoms with Crippen LogP contribution in [0.25, 0.3) is 0 Å². The van der Waals surface area contributed by atoms with E-state index in [2.05, 4.69) is 15.1 Å². The maximum Gasteiger partial charge on any atom is 0.324 e. The van der Waals surface area contributed by atoms with Gasteiger partial charge in [0.25, 0.3) is 0 Å². The van der Waals surface area contributed by atoms with Crippen molar-refractivity contribution in [1.82, 2.24) is 15.1 Å². The number of rotatable bonds is 7. The smallest absolute Gasteiger partial charge is 0.324 e. The highest BCUT2D eigenvalue weighted by Crippen LogP contribution is 2.17. The number of likely N-dealkylation sites (N-methyl/N-ethyl adjacent to an activating group) is 1. The van der Waals surface area contributed by atoms with E-state index < -0.39 is 0 Å². The van der Waals surface area contributed by atoms with Crippen molar-refractivity contribution in [1.29, 1.82) is 0 Å². The van der Waals surface area contributed by atoms with Crippen LogP contribution in [-0.4, -0.2) is 86.9 Å². The standard InChI is InChI=1S/C15H29N3O3/c1-3-16-14(15(19)21-4-2)12-17-6-5-13(11-17)18-7-9-20-10-8-18/h13-14,16H,3-12H2,1-2H3. The molecule has 0 aromatic carbocycles. The Kier molecular flexibility index (Phi) is 6.89. The molecule has 2 heterocycles. The second kappa shape index (κ2) is 8.68. The molecular weight excluding hydrogens is 270 g/mol. The summed E-state index contributed by atoms with van der Waals surface area (Å²) in [5.74, 6) is -0.130. The molecule has 0 radical (unpaired) electrons. The van der Waals surface area contributed by atoms with E-state index in [-0.39, 0.29) is 12.0 Å². The fourth-order valence-corrected chi connectivity index (χ4v) is 3.19. The molecule has 1 N–H and O–H groups in total. The summed E-state index contributed by atoms with van der Waals surface area (Å²) < 4.78 is 10.6. The lowest BCUT2D eigenvalue weighted by atomic mass is 10.2. The van der Waals surface area contributed by atoms with E-state index >= 15 is 0 Å². The second-order valence-electron chi connectivity index (χ2n) is 5.71. The van der Waals surface area contributed by atoms with E-state index in [9.17, 15) is 4.79 Å². The highest BCUT2D eigenvalue weighted by atomic mass is 16.5. The largest absolute Gasteiger partial charge is 0.465 e. The van der Waals surface area contributed by atoms with E-state index in [1.807, 2.05) is 13.8 Å². The Hall–Kier alpha value is -0.690. The van der Waals surface area contributed by atoms with Crippen LogP contribution in [0.15, 0.2) is 0 Å². The molecule has 2 aliphatic heterocycles. The van der Waals surface area contributed by atoms with Crippen LogP contribution in [0.1, 0.15) is 20.3 Å². The minimum absolute atomic E-state index is 0.130. The Labute approximate surface area is 127 Å². The first-order valence-corrected chi connectivity index (χ1v) is 8.18. The third-order valence-electron chi connectivity index (χ3n) is 4.27. The van der Waals surface area contributed by atoms with Gasteiger partial charge in [-0.2, -0.15) is 0 Å². The number of ether oxygens (including phenoxy) is 2. The van der Waals surface area contributed by atoms with Crippen LogP contribution in [-0.2, 0) is 14.3 Å². The van der Waals surface area contributed by atoms with Crippen molar-refractivity contribution in [3.8, 4) is 0 Å². The van der Waals surface area contributed by atoms with Gasteiger partial charge in [-0.25, -0.2) is 0 Å². The van der Waals surface area contributed by atoms with Crippen LogP contribution >= 0.6 is 0 Å². The van der Waals surface area contributed by atoms with Gasteiger partial charge in [-0.05, 0) is 26.4 Å². The summed E-state index contributed by atoms with van der Waals surface area (Å²) in [5.41, 5.74) is 0. The molecule has 0 spiro atoms. The molecule has 6 heteroatoms. The zero-order valence-corrected chi connectivity index (χ0v) is 13.3. The number of likely N-dealkylation sites (tertiary alicyclic amines) is 1. The van der Waals surface area contributed by atoms with E-state index in [1.54, 1.807) is 0 Å². The minimum atomic E-state index is -0.210. The van der Waals surface area contributed by atoms with E-state index in [0.29, 0.717) is 12.6 Å². The number of nitrogens with one attached hydrogen (secondary N) is 1. The number of carbonyl (C=O) groups excluding carboxylic acids is 1. The zero-order valence-electron chi connectivity index (χ0n) is 13.3. The van der Waals surface area contributed by atoms with Crippen LogP contribution in [0.5, 0.6) is 0 Å². The summed E-state index contributed by atoms with van der Waals surface area (Å²) in [6.45, 7) is 11.7. The maximum absolute atomic E-state index is 12.0. The molecule has 2 atom stereocenters. The molecule has 2 aliphatic rings. The lowest BCUT2D eigenvalue weighted by Gasteiger charge is -2.32. The number of morpholine rings is 1. The Balaban J connectivity index is 1.80. The van der Waals surface area contributed by atoms with Crippen molar-refractivity contribution >= 4 is 5.97 Å². The summed E-state index contributed by atoms with van der Waals surface area (Å²) >= 11 is 0. The number of esters is 1. The van der Waals surface area contributed by atoms with Gasteiger partial charge in [0.15, 0.2) is 0 Å². The number of hydrogen-bond donors (Lipinski definition) is 1. The molecule has 2 saturated heterocycles. The van der Waals surface area contributed by atoms with Gasteiger partial charge < -0.3 is 14.8 Å². The van der Waals surface area contributed by atoms with Crippen molar-refractivity contribution in [3.05, 3.63) is 0 Å². The van der Waals surface area contributed by atoms with Crippen LogP contribution in [0, 0.1) is 0 Å². The topological polar surface area (TPSA) is 54.0 Å². The quantitative estimate of drug-likeness (QED) is 0.665. The van der Waals surface area contributed by atoms with E-state index in [4.69, 9.17) is 9.47 Å². The molecule has 0 amide bonds. The number of carbonyl (C=O) groups is 1. The van der Waals surface area contributed by atoms with E-state index in [0.717, 1.165) is 52.5 Å². The van der Waals surface area contributed by atoms with Crippen LogP contribution in [0.3, 0.4) is 0 Å². The van der Waals surface area contributed by atoms with Crippen LogP contribution in [0.2, 0.25) is 0 Å². The molecule has 21 heavy (non-hydrogen) atoms. The van der Waals surface area contributed by atoms with Crippen molar-refractivity contribution in [2.24, 2.45) is 0 Å². The monoisotopic (exact) mass is 299 g/mol. The molecule has 122 valence electrons. The Bertz CT molecular complexity index is 321. The molecule has 2 rings (SSSR count). The molecule has 0 saturated carbocycles. The molecule has 2 fully saturated rings. The van der Waals surface area contributed by atoms with Crippen molar-refractivity contribution < 1.29 is 14.3 Å². The summed E-state index contributed by atoms with van der Waals surface area (Å²) in [4.78, 5) is 16.9. The Morgan fingerprint density at radius 3 is 2.76 bits per heavy atom. The number of hydrogen-bond acceptors (Lipinski definition) is 6. The summed E-state index contributed by atoms with van der Waals surface area (Å²) in [7, 11) is 0. The summed E-state index contributed by atoms with van der Waals surface area (Å²) in [6, 6.07) is 0.400. The van der Waals surface area contributed by atoms with Crippen molar-refractivity contribution in [2.45, 2.75) is 32.4 Å². The minimum Gasteiger partial charge on any atom is -0.465 e. The van der Waals surface area contributed by atoms with Gasteiger partial charge >= 0.3 is 5.97 Å². The maximum atomic E-state index is 12.0. The summed E-state index contributed by atoms with van der Waals surface area (Å²) in [5, 5.41) is 3.24. The third kappa shape index (κ3) is 4.92. The summed E-state index contributed by atoms with van der Waals surface area (Å²) in [6.07, 6.45) is 1.18. The van der Waals surface area contributed by atoms with Gasteiger partial charge in [0.05, 0.1) is 19.8 Å². The van der Waals surface area contributed by atoms with Gasteiger partial charge in [0.1, 0.15) is 6.04 Å². The highest BCUT2D eigenvalue weighted by molar-refractivity contribution is 5.76. The van der Waals surface area contributed by atoms with Gasteiger partial charge in [0, 0.05) is 32.2 Å². The van der Waals surface area contributed by atoms with Crippen molar-refractivity contribution in [3.63, 3.8) is 0 Å². The lowest BCUT2D eigenvalue weighted by molar-refractivity contribution is -0.146. The first-order valence-electron chi connectivity index (χ1n) is 8.18. The molecule has 0 aliphatic carbocycles. The second-order valence-corrected chi connectivity index (χ2v) is 5.71. The Morgan fingerprint density at radius 2 is 2.10 bits per heavy atom. The van der Waals surface area contributed by atoms with Gasteiger partial charge in [-0.15, -0.1) is 0 Å². The predicted molar refractivity (Wildman–Crippen MR) is 81.3 cm³/mol. The van der Waals surface area contributed by atoms with E-state index in [1.165, 1.54) is 6.42 Å². The first-order chi connectivity index (χ1) is 10.2. The zero-order chi connectivity index (χ0) is 15.1. The van der Waals surface area contributed by atoms with Crippen molar-refractivity contribution in [2.75, 3.05) is 59.1 Å². The Morgan fingerprint density at radius 1 is 1.33 bits per heavy atom.